The van der Waals surface area contributed by atoms with E-state index in [1.165, 1.54) is 5.56 Å². The predicted molar refractivity (Wildman–Crippen MR) is 75.8 cm³/mol. The smallest absolute Gasteiger partial charge is 0.202 e. The first-order valence-corrected chi connectivity index (χ1v) is 6.36. The van der Waals surface area contributed by atoms with Crippen LogP contribution >= 0.6 is 0 Å². The van der Waals surface area contributed by atoms with E-state index in [-0.39, 0.29) is 0 Å². The molecule has 19 heavy (non-hydrogen) atoms. The summed E-state index contributed by atoms with van der Waals surface area (Å²) in [6.07, 6.45) is 0.931. The maximum atomic E-state index is 6.01. The first kappa shape index (κ1) is 11.8. The number of benzene rings is 1. The average molecular weight is 255 g/mol. The summed E-state index contributed by atoms with van der Waals surface area (Å²) in [5, 5.41) is 4.38. The Bertz CT molecular complexity index is 708. The zero-order valence-electron chi connectivity index (χ0n) is 11.2. The SMILES string of the molecule is Cc1nn(C)c2c1nc(N)n2CCc1ccccc1. The van der Waals surface area contributed by atoms with E-state index in [1.807, 2.05) is 29.3 Å². The molecule has 5 heteroatoms. The van der Waals surface area contributed by atoms with Crippen molar-refractivity contribution in [3.63, 3.8) is 0 Å². The molecule has 3 aromatic rings. The molecule has 0 amide bonds. The van der Waals surface area contributed by atoms with Crippen molar-refractivity contribution in [3.8, 4) is 0 Å². The van der Waals surface area contributed by atoms with Crippen molar-refractivity contribution in [2.75, 3.05) is 5.73 Å². The lowest BCUT2D eigenvalue weighted by atomic mass is 10.1. The Kier molecular flexibility index (Phi) is 2.74. The molecule has 5 nitrogen and oxygen atoms in total. The zero-order valence-corrected chi connectivity index (χ0v) is 11.2. The molecule has 0 atom stereocenters. The third-order valence-corrected chi connectivity index (χ3v) is 3.39. The van der Waals surface area contributed by atoms with E-state index < -0.39 is 0 Å². The van der Waals surface area contributed by atoms with E-state index in [0.29, 0.717) is 5.95 Å². The molecule has 2 heterocycles. The molecule has 3 rings (SSSR count). The molecular weight excluding hydrogens is 238 g/mol. The van der Waals surface area contributed by atoms with E-state index in [0.717, 1.165) is 29.8 Å². The number of hydrogen-bond acceptors (Lipinski definition) is 3. The van der Waals surface area contributed by atoms with E-state index in [4.69, 9.17) is 5.73 Å². The van der Waals surface area contributed by atoms with Gasteiger partial charge in [-0.1, -0.05) is 30.3 Å². The lowest BCUT2D eigenvalue weighted by Crippen LogP contribution is -2.08. The van der Waals surface area contributed by atoms with Crippen LogP contribution in [0.4, 0.5) is 5.95 Å². The second kappa shape index (κ2) is 4.42. The number of nitrogen functional groups attached to an aromatic ring is 1. The molecule has 0 aliphatic heterocycles. The molecule has 0 aliphatic rings. The van der Waals surface area contributed by atoms with Crippen LogP contribution in [0.25, 0.3) is 11.2 Å². The quantitative estimate of drug-likeness (QED) is 0.777. The number of nitrogens with two attached hydrogens (primary N) is 1. The molecule has 2 N–H and O–H groups in total. The maximum absolute atomic E-state index is 6.01. The monoisotopic (exact) mass is 255 g/mol. The standard InChI is InChI=1S/C14H17N5/c1-10-12-13(18(2)17-10)19(14(15)16-12)9-8-11-6-4-3-5-7-11/h3-7H,8-9H2,1-2H3,(H2,15,16). The summed E-state index contributed by atoms with van der Waals surface area (Å²) in [6.45, 7) is 2.77. The van der Waals surface area contributed by atoms with Crippen molar-refractivity contribution >= 4 is 17.1 Å². The number of aromatic nitrogens is 4. The molecule has 0 saturated heterocycles. The third-order valence-electron chi connectivity index (χ3n) is 3.39. The van der Waals surface area contributed by atoms with Crippen molar-refractivity contribution in [2.45, 2.75) is 19.9 Å². The number of nitrogens with zero attached hydrogens (tertiary/aromatic N) is 4. The fourth-order valence-corrected chi connectivity index (χ4v) is 2.46. The Morgan fingerprint density at radius 3 is 2.68 bits per heavy atom. The Balaban J connectivity index is 1.94. The van der Waals surface area contributed by atoms with Gasteiger partial charge in [-0.2, -0.15) is 5.10 Å². The minimum absolute atomic E-state index is 0.557. The van der Waals surface area contributed by atoms with Gasteiger partial charge in [-0.15, -0.1) is 0 Å². The highest BCUT2D eigenvalue weighted by molar-refractivity contribution is 5.77. The van der Waals surface area contributed by atoms with Gasteiger partial charge in [-0.25, -0.2) is 4.98 Å². The number of imidazole rings is 1. The molecule has 2 aromatic heterocycles. The van der Waals surface area contributed by atoms with Gasteiger partial charge in [0.1, 0.15) is 5.52 Å². The van der Waals surface area contributed by atoms with Gasteiger partial charge in [-0.3, -0.25) is 9.25 Å². The Morgan fingerprint density at radius 2 is 1.95 bits per heavy atom. The molecule has 0 radical (unpaired) electrons. The van der Waals surface area contributed by atoms with E-state index >= 15 is 0 Å². The average Bonchev–Trinajstić information content (AvgIpc) is 2.87. The molecular formula is C14H17N5. The Morgan fingerprint density at radius 1 is 1.21 bits per heavy atom. The normalized spacial score (nSPS) is 11.3. The van der Waals surface area contributed by atoms with Crippen LogP contribution in [0.2, 0.25) is 0 Å². The number of hydrogen-bond donors (Lipinski definition) is 1. The summed E-state index contributed by atoms with van der Waals surface area (Å²) in [5.41, 5.74) is 10.1. The molecule has 0 spiro atoms. The van der Waals surface area contributed by atoms with Crippen LogP contribution in [0, 0.1) is 6.92 Å². The van der Waals surface area contributed by atoms with Crippen LogP contribution < -0.4 is 5.73 Å². The van der Waals surface area contributed by atoms with Crippen LogP contribution in [0.15, 0.2) is 30.3 Å². The van der Waals surface area contributed by atoms with E-state index in [9.17, 15) is 0 Å². The Labute approximate surface area is 111 Å². The molecule has 0 bridgehead atoms. The van der Waals surface area contributed by atoms with Crippen molar-refractivity contribution < 1.29 is 0 Å². The minimum Gasteiger partial charge on any atom is -0.369 e. The summed E-state index contributed by atoms with van der Waals surface area (Å²) in [6, 6.07) is 10.4. The second-order valence-corrected chi connectivity index (χ2v) is 4.74. The van der Waals surface area contributed by atoms with Crippen molar-refractivity contribution in [3.05, 3.63) is 41.6 Å². The van der Waals surface area contributed by atoms with Crippen LogP contribution in [0.1, 0.15) is 11.3 Å². The second-order valence-electron chi connectivity index (χ2n) is 4.74. The molecule has 98 valence electrons. The van der Waals surface area contributed by atoms with Crippen LogP contribution in [-0.4, -0.2) is 19.3 Å². The van der Waals surface area contributed by atoms with E-state index in [1.54, 1.807) is 0 Å². The molecule has 1 aromatic carbocycles. The first-order valence-electron chi connectivity index (χ1n) is 6.36. The fraction of sp³-hybridized carbons (Fsp3) is 0.286. The lowest BCUT2D eigenvalue weighted by Gasteiger charge is -2.07. The zero-order chi connectivity index (χ0) is 13.4. The van der Waals surface area contributed by atoms with Gasteiger partial charge in [0.2, 0.25) is 5.95 Å². The summed E-state index contributed by atoms with van der Waals surface area (Å²) in [5.74, 6) is 0.557. The fourth-order valence-electron chi connectivity index (χ4n) is 2.46. The summed E-state index contributed by atoms with van der Waals surface area (Å²) in [4.78, 5) is 4.40. The largest absolute Gasteiger partial charge is 0.369 e. The minimum atomic E-state index is 0.557. The summed E-state index contributed by atoms with van der Waals surface area (Å²) < 4.78 is 3.88. The van der Waals surface area contributed by atoms with Gasteiger partial charge in [0, 0.05) is 13.6 Å². The molecule has 0 fully saturated rings. The summed E-state index contributed by atoms with van der Waals surface area (Å²) >= 11 is 0. The topological polar surface area (TPSA) is 61.7 Å². The van der Waals surface area contributed by atoms with Crippen LogP contribution in [0.5, 0.6) is 0 Å². The van der Waals surface area contributed by atoms with Crippen LogP contribution in [-0.2, 0) is 20.0 Å². The third kappa shape index (κ3) is 1.97. The number of aryl methyl sites for hydroxylation is 4. The highest BCUT2D eigenvalue weighted by Gasteiger charge is 2.15. The first-order chi connectivity index (χ1) is 9.16. The number of fused-ring (bicyclic) bond motifs is 1. The molecule has 0 unspecified atom stereocenters. The van der Waals surface area contributed by atoms with Gasteiger partial charge >= 0.3 is 0 Å². The lowest BCUT2D eigenvalue weighted by molar-refractivity contribution is 0.679. The van der Waals surface area contributed by atoms with Crippen molar-refractivity contribution in [1.82, 2.24) is 19.3 Å². The molecule has 0 aliphatic carbocycles. The predicted octanol–water partition coefficient (Wildman–Crippen LogP) is 1.90. The van der Waals surface area contributed by atoms with Gasteiger partial charge in [0.25, 0.3) is 0 Å². The van der Waals surface area contributed by atoms with Crippen molar-refractivity contribution in [1.29, 1.82) is 0 Å². The van der Waals surface area contributed by atoms with Gasteiger partial charge in [-0.05, 0) is 18.9 Å². The van der Waals surface area contributed by atoms with Crippen molar-refractivity contribution in [2.24, 2.45) is 7.05 Å². The molecule has 0 saturated carbocycles. The number of rotatable bonds is 3. The maximum Gasteiger partial charge on any atom is 0.202 e. The van der Waals surface area contributed by atoms with Gasteiger partial charge < -0.3 is 5.73 Å². The van der Waals surface area contributed by atoms with E-state index in [2.05, 4.69) is 34.3 Å². The van der Waals surface area contributed by atoms with Gasteiger partial charge in [0.15, 0.2) is 5.65 Å². The summed E-state index contributed by atoms with van der Waals surface area (Å²) in [7, 11) is 1.93. The van der Waals surface area contributed by atoms with Crippen LogP contribution in [0.3, 0.4) is 0 Å². The highest BCUT2D eigenvalue weighted by Crippen LogP contribution is 2.20. The Hall–Kier alpha value is -2.30. The van der Waals surface area contributed by atoms with Gasteiger partial charge in [0.05, 0.1) is 5.69 Å². The highest BCUT2D eigenvalue weighted by atomic mass is 15.3. The number of anilines is 1.